The molecule has 1 fully saturated rings. The third kappa shape index (κ3) is 3.60. The Balaban J connectivity index is 1.81. The molecule has 0 amide bonds. The first-order valence-corrected chi connectivity index (χ1v) is 8.83. The number of hydrogen-bond acceptors (Lipinski definition) is 2. The van der Waals surface area contributed by atoms with Gasteiger partial charge >= 0.3 is 0 Å². The van der Waals surface area contributed by atoms with Crippen molar-refractivity contribution in [2.24, 2.45) is 5.92 Å². The molecule has 1 heterocycles. The van der Waals surface area contributed by atoms with Crippen molar-refractivity contribution >= 4 is 5.69 Å². The predicted octanol–water partition coefficient (Wildman–Crippen LogP) is 3.78. The highest BCUT2D eigenvalue weighted by atomic mass is 15.2. The molecular formula is C19H30N2. The minimum absolute atomic E-state index is 0.645. The van der Waals surface area contributed by atoms with E-state index in [1.165, 1.54) is 63.8 Å². The van der Waals surface area contributed by atoms with Crippen LogP contribution in [-0.2, 0) is 12.8 Å². The Bertz CT molecular complexity index is 467. The minimum Gasteiger partial charge on any atom is -0.370 e. The summed E-state index contributed by atoms with van der Waals surface area (Å²) in [5.41, 5.74) is 4.79. The van der Waals surface area contributed by atoms with Crippen molar-refractivity contribution in [2.45, 2.75) is 58.4 Å². The van der Waals surface area contributed by atoms with Crippen LogP contribution in [0, 0.1) is 5.92 Å². The van der Waals surface area contributed by atoms with Crippen LogP contribution in [0.4, 0.5) is 5.69 Å². The Labute approximate surface area is 129 Å². The summed E-state index contributed by atoms with van der Waals surface area (Å²) >= 11 is 0. The van der Waals surface area contributed by atoms with Gasteiger partial charge in [0, 0.05) is 24.8 Å². The molecule has 0 aromatic heterocycles. The van der Waals surface area contributed by atoms with Crippen molar-refractivity contribution in [3.63, 3.8) is 0 Å². The monoisotopic (exact) mass is 286 g/mol. The summed E-state index contributed by atoms with van der Waals surface area (Å²) in [4.78, 5) is 2.66. The third-order valence-electron chi connectivity index (χ3n) is 4.95. The van der Waals surface area contributed by atoms with Crippen LogP contribution in [0.3, 0.4) is 0 Å². The molecule has 1 aliphatic carbocycles. The summed E-state index contributed by atoms with van der Waals surface area (Å²) in [6.07, 6.45) is 7.85. The molecular weight excluding hydrogens is 256 g/mol. The molecule has 1 saturated heterocycles. The number of nitrogens with one attached hydrogen (secondary N) is 1. The predicted molar refractivity (Wildman–Crippen MR) is 91.2 cm³/mol. The Morgan fingerprint density at radius 3 is 2.90 bits per heavy atom. The van der Waals surface area contributed by atoms with Crippen molar-refractivity contribution in [3.05, 3.63) is 29.3 Å². The van der Waals surface area contributed by atoms with Gasteiger partial charge in [-0.25, -0.2) is 0 Å². The molecule has 0 saturated carbocycles. The van der Waals surface area contributed by atoms with Crippen molar-refractivity contribution in [1.29, 1.82) is 0 Å². The van der Waals surface area contributed by atoms with Gasteiger partial charge in [0.2, 0.25) is 0 Å². The van der Waals surface area contributed by atoms with E-state index in [1.807, 2.05) is 0 Å². The average molecular weight is 286 g/mol. The van der Waals surface area contributed by atoms with Gasteiger partial charge in [0.05, 0.1) is 0 Å². The second-order valence-corrected chi connectivity index (χ2v) is 7.20. The number of benzene rings is 1. The van der Waals surface area contributed by atoms with E-state index in [0.717, 1.165) is 5.92 Å². The molecule has 0 radical (unpaired) electrons. The summed E-state index contributed by atoms with van der Waals surface area (Å²) < 4.78 is 0. The van der Waals surface area contributed by atoms with Crippen LogP contribution in [0.15, 0.2) is 18.2 Å². The van der Waals surface area contributed by atoms with Crippen molar-refractivity contribution in [3.8, 4) is 0 Å². The number of anilines is 1. The van der Waals surface area contributed by atoms with E-state index in [9.17, 15) is 0 Å². The van der Waals surface area contributed by atoms with E-state index < -0.39 is 0 Å². The van der Waals surface area contributed by atoms with Crippen LogP contribution in [0.1, 0.15) is 50.7 Å². The number of fused-ring (bicyclic) bond motifs is 1. The topological polar surface area (TPSA) is 15.3 Å². The number of hydrogen-bond donors (Lipinski definition) is 1. The zero-order chi connectivity index (χ0) is 14.7. The molecule has 21 heavy (non-hydrogen) atoms. The molecule has 1 N–H and O–H groups in total. The number of rotatable bonds is 3. The van der Waals surface area contributed by atoms with E-state index in [4.69, 9.17) is 0 Å². The fourth-order valence-electron chi connectivity index (χ4n) is 4.00. The van der Waals surface area contributed by atoms with E-state index in [-0.39, 0.29) is 0 Å². The molecule has 1 aromatic carbocycles. The van der Waals surface area contributed by atoms with E-state index >= 15 is 0 Å². The zero-order valence-electron chi connectivity index (χ0n) is 13.7. The van der Waals surface area contributed by atoms with Crippen LogP contribution >= 0.6 is 0 Å². The first-order valence-electron chi connectivity index (χ1n) is 8.83. The fourth-order valence-corrected chi connectivity index (χ4v) is 4.00. The maximum atomic E-state index is 3.75. The van der Waals surface area contributed by atoms with Gasteiger partial charge in [-0.15, -0.1) is 0 Å². The minimum atomic E-state index is 0.645. The number of nitrogens with zero attached hydrogens (tertiary/aromatic N) is 1. The van der Waals surface area contributed by atoms with Gasteiger partial charge in [-0.2, -0.15) is 0 Å². The molecule has 1 aromatic rings. The molecule has 1 atom stereocenters. The molecule has 1 aliphatic heterocycles. The van der Waals surface area contributed by atoms with Gasteiger partial charge in [-0.05, 0) is 68.2 Å². The second kappa shape index (κ2) is 6.83. The number of aryl methyl sites for hydroxylation is 1. The fraction of sp³-hybridized carbons (Fsp3) is 0.684. The third-order valence-corrected chi connectivity index (χ3v) is 4.95. The van der Waals surface area contributed by atoms with Crippen LogP contribution in [-0.4, -0.2) is 25.7 Å². The molecule has 2 nitrogen and oxygen atoms in total. The van der Waals surface area contributed by atoms with Crippen molar-refractivity contribution in [2.75, 3.05) is 24.5 Å². The smallest absolute Gasteiger partial charge is 0.0402 e. The van der Waals surface area contributed by atoms with Crippen molar-refractivity contribution in [1.82, 2.24) is 5.32 Å². The van der Waals surface area contributed by atoms with E-state index in [1.54, 1.807) is 11.1 Å². The first-order chi connectivity index (χ1) is 10.2. The summed E-state index contributed by atoms with van der Waals surface area (Å²) in [6.45, 7) is 8.22. The van der Waals surface area contributed by atoms with Gasteiger partial charge in [-0.3, -0.25) is 0 Å². The molecule has 1 unspecified atom stereocenters. The zero-order valence-corrected chi connectivity index (χ0v) is 13.7. The first kappa shape index (κ1) is 14.9. The van der Waals surface area contributed by atoms with Gasteiger partial charge < -0.3 is 10.2 Å². The van der Waals surface area contributed by atoms with Crippen LogP contribution in [0.5, 0.6) is 0 Å². The Hall–Kier alpha value is -1.02. The van der Waals surface area contributed by atoms with E-state index in [2.05, 4.69) is 42.3 Å². The quantitative estimate of drug-likeness (QED) is 0.909. The summed E-state index contributed by atoms with van der Waals surface area (Å²) in [7, 11) is 0. The lowest BCUT2D eigenvalue weighted by Crippen LogP contribution is -2.39. The van der Waals surface area contributed by atoms with Crippen LogP contribution < -0.4 is 10.2 Å². The second-order valence-electron chi connectivity index (χ2n) is 7.20. The Kier molecular flexibility index (Phi) is 4.84. The van der Waals surface area contributed by atoms with Crippen LogP contribution in [0.25, 0.3) is 0 Å². The molecule has 3 rings (SSSR count). The molecule has 0 bridgehead atoms. The molecule has 116 valence electrons. The molecule has 0 spiro atoms. The maximum Gasteiger partial charge on any atom is 0.0402 e. The standard InChI is InChI=1S/C19H30N2/c1-15(2)13-17-14-21(12-6-11-20-17)19-10-5-8-16-7-3-4-9-18(16)19/h5,8,10,15,17,20H,3-4,6-7,9,11-14H2,1-2H3. The Morgan fingerprint density at radius 2 is 2.05 bits per heavy atom. The molecule has 2 aliphatic rings. The summed E-state index contributed by atoms with van der Waals surface area (Å²) in [6, 6.07) is 7.63. The lowest BCUT2D eigenvalue weighted by molar-refractivity contribution is 0.436. The molecule has 2 heteroatoms. The Morgan fingerprint density at radius 1 is 1.19 bits per heavy atom. The highest BCUT2D eigenvalue weighted by Gasteiger charge is 2.22. The summed E-state index contributed by atoms with van der Waals surface area (Å²) in [5.74, 6) is 0.770. The van der Waals surface area contributed by atoms with Crippen molar-refractivity contribution < 1.29 is 0 Å². The maximum absolute atomic E-state index is 3.75. The lowest BCUT2D eigenvalue weighted by Gasteiger charge is -2.31. The normalized spacial score (nSPS) is 23.0. The van der Waals surface area contributed by atoms with Gasteiger partial charge in [0.1, 0.15) is 0 Å². The lowest BCUT2D eigenvalue weighted by atomic mass is 9.90. The van der Waals surface area contributed by atoms with Crippen LogP contribution in [0.2, 0.25) is 0 Å². The van der Waals surface area contributed by atoms with Gasteiger partial charge in [-0.1, -0.05) is 26.0 Å². The SMILES string of the molecule is CC(C)CC1CN(c2cccc3c2CCCC3)CCCN1. The van der Waals surface area contributed by atoms with Gasteiger partial charge in [0.25, 0.3) is 0 Å². The van der Waals surface area contributed by atoms with E-state index in [0.29, 0.717) is 6.04 Å². The largest absolute Gasteiger partial charge is 0.370 e. The van der Waals surface area contributed by atoms with Gasteiger partial charge in [0.15, 0.2) is 0 Å². The summed E-state index contributed by atoms with van der Waals surface area (Å²) in [5, 5.41) is 3.75. The average Bonchev–Trinajstić information content (AvgIpc) is 2.71. The highest BCUT2D eigenvalue weighted by Crippen LogP contribution is 2.31. The highest BCUT2D eigenvalue weighted by molar-refractivity contribution is 5.58.